The zero-order valence-electron chi connectivity index (χ0n) is 16.9. The number of amidine groups is 1. The van der Waals surface area contributed by atoms with E-state index in [0.29, 0.717) is 23.0 Å². The number of aromatic nitrogens is 2. The number of nitrogens with two attached hydrogens (primary N) is 1. The second kappa shape index (κ2) is 8.94. The van der Waals surface area contributed by atoms with E-state index in [9.17, 15) is 18.0 Å². The molecule has 0 unspecified atom stereocenters. The maximum Gasteiger partial charge on any atom is 0.388 e. The van der Waals surface area contributed by atoms with Crippen LogP contribution in [0.3, 0.4) is 0 Å². The summed E-state index contributed by atoms with van der Waals surface area (Å²) in [5.74, 6) is -0.853. The molecule has 8 nitrogen and oxygen atoms in total. The maximum atomic E-state index is 15.0. The quantitative estimate of drug-likeness (QED) is 0.695. The molecule has 2 aliphatic rings. The molecule has 0 bridgehead atoms. The van der Waals surface area contributed by atoms with Crippen LogP contribution in [0.15, 0.2) is 35.6 Å². The molecule has 170 valence electrons. The number of fused-ring (bicyclic) bond motifs is 1. The molecule has 3 N–H and O–H groups in total. The number of carbonyl (C=O) groups excluding carboxylic acids is 1. The molecule has 2 aliphatic heterocycles. The number of thioether (sulfide) groups is 1. The molecule has 1 amide bonds. The van der Waals surface area contributed by atoms with Crippen LogP contribution in [0, 0.1) is 11.7 Å². The first-order valence-corrected chi connectivity index (χ1v) is 10.7. The Labute approximate surface area is 185 Å². The maximum absolute atomic E-state index is 15.0. The van der Waals surface area contributed by atoms with E-state index >= 15 is 0 Å². The van der Waals surface area contributed by atoms with Gasteiger partial charge in [-0.25, -0.2) is 19.4 Å². The number of nitrogens with zero attached hydrogens (tertiary/aromatic N) is 3. The highest BCUT2D eigenvalue weighted by molar-refractivity contribution is 8.13. The van der Waals surface area contributed by atoms with Crippen molar-refractivity contribution in [3.8, 4) is 5.88 Å². The van der Waals surface area contributed by atoms with Crippen LogP contribution < -0.4 is 15.8 Å². The van der Waals surface area contributed by atoms with Crippen LogP contribution in [0.25, 0.3) is 0 Å². The van der Waals surface area contributed by atoms with Gasteiger partial charge in [-0.1, -0.05) is 11.8 Å². The first-order chi connectivity index (χ1) is 15.3. The zero-order valence-corrected chi connectivity index (χ0v) is 17.7. The lowest BCUT2D eigenvalue weighted by atomic mass is 9.75. The van der Waals surface area contributed by atoms with E-state index in [0.717, 1.165) is 12.4 Å². The number of hydrogen-bond acceptors (Lipinski definition) is 8. The minimum Gasteiger partial charge on any atom is -0.415 e. The summed E-state index contributed by atoms with van der Waals surface area (Å²) in [6.45, 7) is -0.917. The summed E-state index contributed by atoms with van der Waals surface area (Å²) >= 11 is 1.43. The van der Waals surface area contributed by atoms with Crippen molar-refractivity contribution in [2.75, 3.05) is 17.7 Å². The van der Waals surface area contributed by atoms with E-state index in [2.05, 4.69) is 25.0 Å². The molecule has 1 fully saturated rings. The van der Waals surface area contributed by atoms with Gasteiger partial charge in [0.2, 0.25) is 5.88 Å². The minimum absolute atomic E-state index is 0.0113. The van der Waals surface area contributed by atoms with Gasteiger partial charge in [-0.3, -0.25) is 4.79 Å². The molecule has 0 saturated carbocycles. The molecule has 3 atom stereocenters. The van der Waals surface area contributed by atoms with E-state index in [-0.39, 0.29) is 29.9 Å². The van der Waals surface area contributed by atoms with Gasteiger partial charge in [0.1, 0.15) is 17.1 Å². The number of halogens is 3. The Morgan fingerprint density at radius 2 is 2.19 bits per heavy atom. The van der Waals surface area contributed by atoms with Crippen molar-refractivity contribution in [3.05, 3.63) is 47.7 Å². The summed E-state index contributed by atoms with van der Waals surface area (Å²) in [5.41, 5.74) is 5.45. The van der Waals surface area contributed by atoms with Crippen LogP contribution in [-0.4, -0.2) is 46.1 Å². The topological polar surface area (TPSA) is 112 Å². The molecule has 2 aromatic rings. The number of rotatable bonds is 5. The van der Waals surface area contributed by atoms with Crippen LogP contribution in [0.1, 0.15) is 29.4 Å². The third kappa shape index (κ3) is 4.51. The molecule has 1 aromatic heterocycles. The van der Waals surface area contributed by atoms with Crippen LogP contribution in [-0.2, 0) is 10.3 Å². The number of hydrogen-bond donors (Lipinski definition) is 2. The first kappa shape index (κ1) is 22.3. The average molecular weight is 467 g/mol. The normalized spacial score (nSPS) is 25.1. The number of alkyl halides is 2. The summed E-state index contributed by atoms with van der Waals surface area (Å²) in [6.07, 6.45) is 2.64. The third-order valence-electron chi connectivity index (χ3n) is 5.38. The first-order valence-electron chi connectivity index (χ1n) is 9.75. The van der Waals surface area contributed by atoms with Crippen LogP contribution >= 0.6 is 11.8 Å². The predicted octanol–water partition coefficient (Wildman–Crippen LogP) is 3.15. The highest BCUT2D eigenvalue weighted by Crippen LogP contribution is 2.47. The van der Waals surface area contributed by atoms with Crippen molar-refractivity contribution in [2.45, 2.75) is 31.6 Å². The Kier molecular flexibility index (Phi) is 6.24. The number of anilines is 1. The fraction of sp³-hybridized carbons (Fsp3) is 0.400. The molecule has 3 heterocycles. The van der Waals surface area contributed by atoms with Crippen molar-refractivity contribution < 1.29 is 27.4 Å². The van der Waals surface area contributed by atoms with Gasteiger partial charge in [0, 0.05) is 22.9 Å². The van der Waals surface area contributed by atoms with Crippen LogP contribution in [0.5, 0.6) is 5.88 Å². The van der Waals surface area contributed by atoms with E-state index in [1.807, 2.05) is 6.92 Å². The van der Waals surface area contributed by atoms with Crippen molar-refractivity contribution >= 4 is 28.5 Å². The van der Waals surface area contributed by atoms with E-state index in [1.54, 1.807) is 0 Å². The Bertz CT molecular complexity index is 1040. The second-order valence-corrected chi connectivity index (χ2v) is 8.55. The SMILES string of the molecule is C[C@H]1C[C@H]2CSC(N)=N[C@@]2(c2cc(NC(=O)c3cnc(OC(F)F)cn3)ccc2F)CO1. The van der Waals surface area contributed by atoms with Crippen LogP contribution in [0.4, 0.5) is 18.9 Å². The fourth-order valence-electron chi connectivity index (χ4n) is 3.87. The van der Waals surface area contributed by atoms with Gasteiger partial charge in [-0.05, 0) is 31.5 Å². The Morgan fingerprint density at radius 1 is 1.38 bits per heavy atom. The van der Waals surface area contributed by atoms with E-state index < -0.39 is 29.8 Å². The average Bonchev–Trinajstić information content (AvgIpc) is 2.75. The lowest BCUT2D eigenvalue weighted by Gasteiger charge is -2.45. The van der Waals surface area contributed by atoms with E-state index in [4.69, 9.17) is 10.5 Å². The largest absolute Gasteiger partial charge is 0.415 e. The summed E-state index contributed by atoms with van der Waals surface area (Å²) in [5, 5.41) is 2.97. The second-order valence-electron chi connectivity index (χ2n) is 7.51. The van der Waals surface area contributed by atoms with Crippen molar-refractivity contribution in [1.82, 2.24) is 9.97 Å². The molecule has 12 heteroatoms. The van der Waals surface area contributed by atoms with Gasteiger partial charge in [0.05, 0.1) is 25.1 Å². The van der Waals surface area contributed by atoms with Gasteiger partial charge < -0.3 is 20.5 Å². The monoisotopic (exact) mass is 467 g/mol. The van der Waals surface area contributed by atoms with Gasteiger partial charge >= 0.3 is 6.61 Å². The smallest absolute Gasteiger partial charge is 0.388 e. The third-order valence-corrected chi connectivity index (χ3v) is 6.34. The molecular weight excluding hydrogens is 447 g/mol. The molecule has 0 spiro atoms. The lowest BCUT2D eigenvalue weighted by molar-refractivity contribution is -0.0531. The summed E-state index contributed by atoms with van der Waals surface area (Å²) in [6, 6.07) is 4.16. The number of aliphatic imine (C=N–C) groups is 1. The molecule has 0 aliphatic carbocycles. The molecule has 0 radical (unpaired) electrons. The number of carbonyl (C=O) groups is 1. The summed E-state index contributed by atoms with van der Waals surface area (Å²) < 4.78 is 49.4. The number of amides is 1. The molecular formula is C20H20F3N5O3S. The van der Waals surface area contributed by atoms with Gasteiger partial charge in [0.25, 0.3) is 5.91 Å². The Morgan fingerprint density at radius 3 is 2.91 bits per heavy atom. The highest BCUT2D eigenvalue weighted by Gasteiger charge is 2.48. The van der Waals surface area contributed by atoms with E-state index in [1.165, 1.54) is 30.0 Å². The Hall–Kier alpha value is -2.86. The summed E-state index contributed by atoms with van der Waals surface area (Å²) in [7, 11) is 0. The van der Waals surface area contributed by atoms with Gasteiger partial charge in [-0.2, -0.15) is 8.78 Å². The molecule has 1 aromatic carbocycles. The lowest BCUT2D eigenvalue weighted by Crippen LogP contribution is -2.50. The zero-order chi connectivity index (χ0) is 22.9. The highest BCUT2D eigenvalue weighted by atomic mass is 32.2. The van der Waals surface area contributed by atoms with Crippen molar-refractivity contribution in [1.29, 1.82) is 0 Å². The number of nitrogens with one attached hydrogen (secondary N) is 1. The standard InChI is InChI=1S/C20H20F3N5O3S/c1-10-4-11-8-32-19(24)28-20(11,9-30-10)13-5-12(2-3-14(13)21)27-17(29)15-6-26-16(7-25-15)31-18(22)23/h2-3,5-7,10-11,18H,4,8-9H2,1H3,(H2,24,28)(H,27,29)/t10-,11-,20-/m0/s1. The molecule has 32 heavy (non-hydrogen) atoms. The fourth-order valence-corrected chi connectivity index (χ4v) is 4.88. The number of benzene rings is 1. The Balaban J connectivity index is 1.60. The number of ether oxygens (including phenoxy) is 2. The van der Waals surface area contributed by atoms with Crippen molar-refractivity contribution in [3.63, 3.8) is 0 Å². The minimum atomic E-state index is -3.05. The van der Waals surface area contributed by atoms with Crippen molar-refractivity contribution in [2.24, 2.45) is 16.6 Å². The van der Waals surface area contributed by atoms with Gasteiger partial charge in [0.15, 0.2) is 5.17 Å². The van der Waals surface area contributed by atoms with Crippen LogP contribution in [0.2, 0.25) is 0 Å². The molecule has 4 rings (SSSR count). The molecule has 1 saturated heterocycles. The summed E-state index contributed by atoms with van der Waals surface area (Å²) in [4.78, 5) is 24.5. The van der Waals surface area contributed by atoms with Gasteiger partial charge in [-0.15, -0.1) is 0 Å². The predicted molar refractivity (Wildman–Crippen MR) is 112 cm³/mol.